The number of allylic oxidation sites excluding steroid dienone is 2. The quantitative estimate of drug-likeness (QED) is 0.538. The van der Waals surface area contributed by atoms with Crippen molar-refractivity contribution in [2.45, 2.75) is 18.4 Å². The van der Waals surface area contributed by atoms with Gasteiger partial charge in [-0.1, -0.05) is 69.5 Å². The zero-order valence-corrected chi connectivity index (χ0v) is 14.8. The molecule has 0 spiro atoms. The molecular weight excluding hydrogens is 381 g/mol. The predicted octanol–water partition coefficient (Wildman–Crippen LogP) is 6.58. The summed E-state index contributed by atoms with van der Waals surface area (Å²) in [6.07, 6.45) is 5.66. The van der Waals surface area contributed by atoms with Crippen LogP contribution in [0.4, 0.5) is 5.69 Å². The van der Waals surface area contributed by atoms with Crippen molar-refractivity contribution in [3.8, 4) is 0 Å². The summed E-state index contributed by atoms with van der Waals surface area (Å²) in [7, 11) is 0. The van der Waals surface area contributed by atoms with Crippen molar-refractivity contribution in [3.05, 3.63) is 74.2 Å². The van der Waals surface area contributed by atoms with Crippen LogP contribution in [0.15, 0.2) is 53.0 Å². The average molecular weight is 395 g/mol. The fourth-order valence-electron chi connectivity index (χ4n) is 3.63. The molecule has 0 radical (unpaired) electrons. The molecule has 0 bridgehead atoms. The first kappa shape index (κ1) is 14.6. The maximum Gasteiger partial charge on any atom is 0.0826 e. The third kappa shape index (κ3) is 2.29. The van der Waals surface area contributed by atoms with E-state index in [4.69, 9.17) is 23.2 Å². The summed E-state index contributed by atoms with van der Waals surface area (Å²) in [5, 5.41) is 4.87. The number of rotatable bonds is 1. The van der Waals surface area contributed by atoms with Gasteiger partial charge in [0.15, 0.2) is 0 Å². The van der Waals surface area contributed by atoms with E-state index in [0.29, 0.717) is 21.9 Å². The number of fused-ring (bicyclic) bond motifs is 3. The molecule has 2 aromatic carbocycles. The van der Waals surface area contributed by atoms with Crippen LogP contribution in [0.2, 0.25) is 10.0 Å². The minimum atomic E-state index is 0.237. The summed E-state index contributed by atoms with van der Waals surface area (Å²) in [6.45, 7) is 0. The lowest BCUT2D eigenvalue weighted by atomic mass is 9.77. The number of benzene rings is 2. The first-order valence-corrected chi connectivity index (χ1v) is 8.86. The third-order valence-electron chi connectivity index (χ3n) is 4.63. The highest BCUT2D eigenvalue weighted by Crippen LogP contribution is 2.52. The Balaban J connectivity index is 1.84. The molecule has 1 N–H and O–H groups in total. The molecule has 3 atom stereocenters. The first-order chi connectivity index (χ1) is 10.6. The molecular formula is C18H14BrCl2N. The highest BCUT2D eigenvalue weighted by atomic mass is 79.9. The summed E-state index contributed by atoms with van der Waals surface area (Å²) < 4.78 is 1.09. The van der Waals surface area contributed by atoms with Crippen molar-refractivity contribution in [2.75, 3.05) is 5.32 Å². The van der Waals surface area contributed by atoms with E-state index in [1.807, 2.05) is 6.07 Å². The molecule has 0 fully saturated rings. The number of hydrogen-bond acceptors (Lipinski definition) is 1. The van der Waals surface area contributed by atoms with Gasteiger partial charge in [0.2, 0.25) is 0 Å². The zero-order chi connectivity index (χ0) is 15.3. The van der Waals surface area contributed by atoms with E-state index in [0.717, 1.165) is 16.6 Å². The molecule has 0 amide bonds. The van der Waals surface area contributed by atoms with Gasteiger partial charge in [-0.05, 0) is 41.7 Å². The van der Waals surface area contributed by atoms with Crippen LogP contribution < -0.4 is 5.32 Å². The molecule has 0 saturated carbocycles. The summed E-state index contributed by atoms with van der Waals surface area (Å²) in [5.74, 6) is 0.911. The lowest BCUT2D eigenvalue weighted by molar-refractivity contribution is 0.425. The second-order valence-electron chi connectivity index (χ2n) is 5.86. The van der Waals surface area contributed by atoms with E-state index in [1.165, 1.54) is 11.1 Å². The van der Waals surface area contributed by atoms with Gasteiger partial charge in [-0.2, -0.15) is 0 Å². The molecule has 1 aliphatic carbocycles. The molecule has 0 saturated heterocycles. The molecule has 2 aliphatic rings. The number of nitrogens with one attached hydrogen (secondary N) is 1. The molecule has 1 heterocycles. The fourth-order valence-corrected chi connectivity index (χ4v) is 4.43. The van der Waals surface area contributed by atoms with Gasteiger partial charge < -0.3 is 5.32 Å². The van der Waals surface area contributed by atoms with Gasteiger partial charge in [0.1, 0.15) is 0 Å². The molecule has 22 heavy (non-hydrogen) atoms. The van der Waals surface area contributed by atoms with Crippen LogP contribution in [0.1, 0.15) is 29.5 Å². The van der Waals surface area contributed by atoms with Crippen molar-refractivity contribution in [2.24, 2.45) is 5.92 Å². The Morgan fingerprint density at radius 1 is 1.14 bits per heavy atom. The zero-order valence-electron chi connectivity index (χ0n) is 11.7. The SMILES string of the molecule is Clc1ccc2c(c1Cl)N[C@@H](c1cccc(Br)c1)[C@H]1CC=C[C@@H]21. The van der Waals surface area contributed by atoms with Crippen LogP contribution >= 0.6 is 39.1 Å². The second-order valence-corrected chi connectivity index (χ2v) is 7.56. The van der Waals surface area contributed by atoms with Gasteiger partial charge >= 0.3 is 0 Å². The van der Waals surface area contributed by atoms with Crippen LogP contribution in [-0.2, 0) is 0 Å². The fraction of sp³-hybridized carbons (Fsp3) is 0.222. The van der Waals surface area contributed by atoms with E-state index < -0.39 is 0 Å². The van der Waals surface area contributed by atoms with Crippen molar-refractivity contribution >= 4 is 44.8 Å². The van der Waals surface area contributed by atoms with E-state index in [2.05, 4.69) is 63.7 Å². The van der Waals surface area contributed by atoms with Crippen LogP contribution in [0, 0.1) is 5.92 Å². The van der Waals surface area contributed by atoms with Crippen LogP contribution in [0.3, 0.4) is 0 Å². The first-order valence-electron chi connectivity index (χ1n) is 7.31. The van der Waals surface area contributed by atoms with Crippen LogP contribution in [0.5, 0.6) is 0 Å². The minimum Gasteiger partial charge on any atom is -0.376 e. The summed E-state index contributed by atoms with van der Waals surface area (Å²) in [4.78, 5) is 0. The van der Waals surface area contributed by atoms with Gasteiger partial charge in [-0.15, -0.1) is 0 Å². The largest absolute Gasteiger partial charge is 0.376 e. The number of halogens is 3. The Kier molecular flexibility index (Phi) is 3.72. The Hall–Kier alpha value is -0.960. The van der Waals surface area contributed by atoms with Gasteiger partial charge in [-0.3, -0.25) is 0 Å². The highest BCUT2D eigenvalue weighted by molar-refractivity contribution is 9.10. The standard InChI is InChI=1S/C18H14BrCl2N/c19-11-4-1-3-10(9-11)17-13-6-2-5-12(13)14-7-8-15(20)16(21)18(14)22-17/h1-5,7-9,12-13,17,22H,6H2/t12-,13+,17+/m1/s1. The Morgan fingerprint density at radius 3 is 2.82 bits per heavy atom. The van der Waals surface area contributed by atoms with Gasteiger partial charge in [0, 0.05) is 10.4 Å². The molecule has 1 nitrogen and oxygen atoms in total. The van der Waals surface area contributed by atoms with E-state index in [-0.39, 0.29) is 6.04 Å². The molecule has 0 unspecified atom stereocenters. The molecule has 4 rings (SSSR count). The van der Waals surface area contributed by atoms with E-state index in [9.17, 15) is 0 Å². The van der Waals surface area contributed by atoms with Crippen molar-refractivity contribution in [3.63, 3.8) is 0 Å². The Labute approximate surface area is 148 Å². The molecule has 2 aromatic rings. The summed E-state index contributed by atoms with van der Waals surface area (Å²) in [6, 6.07) is 12.7. The molecule has 4 heteroatoms. The lowest BCUT2D eigenvalue weighted by Gasteiger charge is -2.38. The van der Waals surface area contributed by atoms with Gasteiger partial charge in [-0.25, -0.2) is 0 Å². The smallest absolute Gasteiger partial charge is 0.0826 e. The normalized spacial score (nSPS) is 25.5. The van der Waals surface area contributed by atoms with E-state index >= 15 is 0 Å². The maximum absolute atomic E-state index is 6.46. The number of anilines is 1. The van der Waals surface area contributed by atoms with E-state index in [1.54, 1.807) is 0 Å². The van der Waals surface area contributed by atoms with Crippen molar-refractivity contribution in [1.82, 2.24) is 0 Å². The van der Waals surface area contributed by atoms with Gasteiger partial charge in [0.25, 0.3) is 0 Å². The maximum atomic E-state index is 6.46. The molecule has 0 aromatic heterocycles. The monoisotopic (exact) mass is 393 g/mol. The molecule has 112 valence electrons. The van der Waals surface area contributed by atoms with Crippen molar-refractivity contribution in [1.29, 1.82) is 0 Å². The number of hydrogen-bond donors (Lipinski definition) is 1. The topological polar surface area (TPSA) is 12.0 Å². The van der Waals surface area contributed by atoms with Crippen molar-refractivity contribution < 1.29 is 0 Å². The average Bonchev–Trinajstić information content (AvgIpc) is 3.00. The van der Waals surface area contributed by atoms with Gasteiger partial charge in [0.05, 0.1) is 21.8 Å². The summed E-state index contributed by atoms with van der Waals surface area (Å²) >= 11 is 16.2. The van der Waals surface area contributed by atoms with Crippen LogP contribution in [-0.4, -0.2) is 0 Å². The highest BCUT2D eigenvalue weighted by Gasteiger charge is 2.38. The second kappa shape index (κ2) is 5.59. The summed E-state index contributed by atoms with van der Waals surface area (Å²) in [5.41, 5.74) is 3.50. The van der Waals surface area contributed by atoms with Crippen LogP contribution in [0.25, 0.3) is 0 Å². The molecule has 1 aliphatic heterocycles. The predicted molar refractivity (Wildman–Crippen MR) is 97.0 cm³/mol. The lowest BCUT2D eigenvalue weighted by Crippen LogP contribution is -2.29. The third-order valence-corrected chi connectivity index (χ3v) is 5.93. The Bertz CT molecular complexity index is 772. The Morgan fingerprint density at radius 2 is 2.00 bits per heavy atom. The minimum absolute atomic E-state index is 0.237.